The molecule has 0 fully saturated rings. The fourth-order valence-electron chi connectivity index (χ4n) is 2.47. The van der Waals surface area contributed by atoms with Gasteiger partial charge in [-0.25, -0.2) is 0 Å². The predicted molar refractivity (Wildman–Crippen MR) is 97.8 cm³/mol. The Kier molecular flexibility index (Phi) is 5.98. The number of benzene rings is 2. The SMILES string of the molecule is C=C/C(C)=C/CCCP(=O)(c1ccccc1)c1ccccc1. The van der Waals surface area contributed by atoms with Crippen molar-refractivity contribution < 1.29 is 4.57 Å². The molecule has 0 saturated heterocycles. The van der Waals surface area contributed by atoms with Crippen LogP contribution in [0.15, 0.2) is 85.0 Å². The zero-order valence-corrected chi connectivity index (χ0v) is 14.0. The standard InChI is InChI=1S/C20H23OP/c1-3-18(2)12-10-11-17-22(21,19-13-6-4-7-14-19)20-15-8-5-9-16-20/h3-9,12-16H,1,10-11,17H2,2H3/b18-12+. The molecule has 2 aromatic carbocycles. The lowest BCUT2D eigenvalue weighted by Crippen LogP contribution is -2.18. The number of rotatable bonds is 7. The molecule has 0 spiro atoms. The van der Waals surface area contributed by atoms with Gasteiger partial charge in [-0.2, -0.15) is 0 Å². The monoisotopic (exact) mass is 310 g/mol. The van der Waals surface area contributed by atoms with E-state index in [1.807, 2.05) is 73.7 Å². The van der Waals surface area contributed by atoms with Gasteiger partial charge in [0, 0.05) is 16.8 Å². The van der Waals surface area contributed by atoms with E-state index in [1.54, 1.807) is 0 Å². The van der Waals surface area contributed by atoms with Crippen molar-refractivity contribution in [2.75, 3.05) is 6.16 Å². The van der Waals surface area contributed by atoms with Crippen molar-refractivity contribution in [3.8, 4) is 0 Å². The van der Waals surface area contributed by atoms with Gasteiger partial charge in [0.2, 0.25) is 0 Å². The molecule has 2 aromatic rings. The van der Waals surface area contributed by atoms with Crippen molar-refractivity contribution in [3.05, 3.63) is 85.0 Å². The molecule has 0 radical (unpaired) electrons. The highest BCUT2D eigenvalue weighted by atomic mass is 31.2. The fraction of sp³-hybridized carbons (Fsp3) is 0.200. The van der Waals surface area contributed by atoms with Crippen molar-refractivity contribution in [3.63, 3.8) is 0 Å². The van der Waals surface area contributed by atoms with Gasteiger partial charge in [-0.1, -0.05) is 85.0 Å². The Morgan fingerprint density at radius 2 is 1.50 bits per heavy atom. The van der Waals surface area contributed by atoms with Crippen LogP contribution in [0, 0.1) is 0 Å². The van der Waals surface area contributed by atoms with Crippen LogP contribution in [0.5, 0.6) is 0 Å². The molecule has 2 rings (SSSR count). The Balaban J connectivity index is 2.24. The van der Waals surface area contributed by atoms with Crippen LogP contribution in [0.2, 0.25) is 0 Å². The first-order valence-electron chi connectivity index (χ1n) is 7.66. The van der Waals surface area contributed by atoms with Crippen molar-refractivity contribution in [2.45, 2.75) is 19.8 Å². The van der Waals surface area contributed by atoms with Crippen molar-refractivity contribution in [1.82, 2.24) is 0 Å². The molecule has 0 aliphatic heterocycles. The van der Waals surface area contributed by atoms with E-state index in [1.165, 1.54) is 5.57 Å². The summed E-state index contributed by atoms with van der Waals surface area (Å²) in [6.45, 7) is 5.80. The molecule has 2 heteroatoms. The minimum Gasteiger partial charge on any atom is -0.314 e. The molecule has 22 heavy (non-hydrogen) atoms. The Morgan fingerprint density at radius 3 is 1.95 bits per heavy atom. The molecule has 0 amide bonds. The van der Waals surface area contributed by atoms with Crippen LogP contribution in [0.4, 0.5) is 0 Å². The molecule has 0 N–H and O–H groups in total. The molecule has 0 aromatic heterocycles. The predicted octanol–water partition coefficient (Wildman–Crippen LogP) is 4.91. The molecule has 0 heterocycles. The van der Waals surface area contributed by atoms with Gasteiger partial charge in [-0.3, -0.25) is 0 Å². The van der Waals surface area contributed by atoms with Gasteiger partial charge in [0.25, 0.3) is 0 Å². The molecule has 0 unspecified atom stereocenters. The first-order chi connectivity index (χ1) is 10.7. The molecule has 1 nitrogen and oxygen atoms in total. The van der Waals surface area contributed by atoms with Crippen molar-refractivity contribution >= 4 is 17.8 Å². The van der Waals surface area contributed by atoms with E-state index in [4.69, 9.17) is 0 Å². The minimum atomic E-state index is -2.55. The first-order valence-corrected chi connectivity index (χ1v) is 9.55. The van der Waals surface area contributed by atoms with Gasteiger partial charge in [0.05, 0.1) is 0 Å². The highest BCUT2D eigenvalue weighted by molar-refractivity contribution is 7.78. The van der Waals surface area contributed by atoms with Gasteiger partial charge in [-0.15, -0.1) is 0 Å². The van der Waals surface area contributed by atoms with E-state index in [9.17, 15) is 4.57 Å². The van der Waals surface area contributed by atoms with Crippen LogP contribution >= 0.6 is 7.14 Å². The average molecular weight is 310 g/mol. The van der Waals surface area contributed by atoms with Gasteiger partial charge in [-0.05, 0) is 19.8 Å². The van der Waals surface area contributed by atoms with E-state index in [0.717, 1.165) is 23.5 Å². The summed E-state index contributed by atoms with van der Waals surface area (Å²) in [6, 6.07) is 19.7. The van der Waals surface area contributed by atoms with Crippen LogP contribution in [-0.4, -0.2) is 6.16 Å². The van der Waals surface area contributed by atoms with E-state index in [0.29, 0.717) is 6.16 Å². The fourth-order valence-corrected chi connectivity index (χ4v) is 5.22. The van der Waals surface area contributed by atoms with Gasteiger partial charge in [0.1, 0.15) is 7.14 Å². The molecular weight excluding hydrogens is 287 g/mol. The maximum Gasteiger partial charge on any atom is 0.143 e. The van der Waals surface area contributed by atoms with E-state index >= 15 is 0 Å². The van der Waals surface area contributed by atoms with Crippen molar-refractivity contribution in [2.24, 2.45) is 0 Å². The zero-order chi connectivity index (χ0) is 15.8. The van der Waals surface area contributed by atoms with Crippen LogP contribution in [0.1, 0.15) is 19.8 Å². The van der Waals surface area contributed by atoms with E-state index < -0.39 is 7.14 Å². The normalized spacial score (nSPS) is 12.1. The van der Waals surface area contributed by atoms with Gasteiger partial charge < -0.3 is 4.57 Å². The molecule has 0 atom stereocenters. The maximum absolute atomic E-state index is 13.7. The Hall–Kier alpha value is -1.85. The number of allylic oxidation sites excluding steroid dienone is 3. The molecule has 0 aliphatic rings. The average Bonchev–Trinajstić information content (AvgIpc) is 2.59. The second kappa shape index (κ2) is 7.96. The summed E-state index contributed by atoms with van der Waals surface area (Å²) in [5.74, 6) is 0. The highest BCUT2D eigenvalue weighted by Crippen LogP contribution is 2.44. The van der Waals surface area contributed by atoms with Gasteiger partial charge in [0.15, 0.2) is 0 Å². The van der Waals surface area contributed by atoms with E-state index in [2.05, 4.69) is 12.7 Å². The summed E-state index contributed by atoms with van der Waals surface area (Å²) in [5, 5.41) is 1.90. The molecule has 0 saturated carbocycles. The summed E-state index contributed by atoms with van der Waals surface area (Å²) in [6.07, 6.45) is 6.55. The summed E-state index contributed by atoms with van der Waals surface area (Å²) < 4.78 is 13.7. The third kappa shape index (κ3) is 4.08. The number of hydrogen-bond donors (Lipinski definition) is 0. The third-order valence-electron chi connectivity index (χ3n) is 3.81. The molecular formula is C20H23OP. The lowest BCUT2D eigenvalue weighted by molar-refractivity contribution is 0.585. The van der Waals surface area contributed by atoms with E-state index in [-0.39, 0.29) is 0 Å². The third-order valence-corrected chi connectivity index (χ3v) is 7.02. The molecule has 0 bridgehead atoms. The van der Waals surface area contributed by atoms with Crippen LogP contribution < -0.4 is 10.6 Å². The zero-order valence-electron chi connectivity index (χ0n) is 13.1. The minimum absolute atomic E-state index is 0.696. The Labute approximate surface area is 133 Å². The number of hydrogen-bond acceptors (Lipinski definition) is 1. The quantitative estimate of drug-likeness (QED) is 0.403. The second-order valence-electron chi connectivity index (χ2n) is 5.43. The smallest absolute Gasteiger partial charge is 0.143 e. The summed E-state index contributed by atoms with van der Waals surface area (Å²) in [7, 11) is -2.55. The largest absolute Gasteiger partial charge is 0.314 e. The van der Waals surface area contributed by atoms with Crippen LogP contribution in [0.3, 0.4) is 0 Å². The van der Waals surface area contributed by atoms with Gasteiger partial charge >= 0.3 is 0 Å². The summed E-state index contributed by atoms with van der Waals surface area (Å²) >= 11 is 0. The van der Waals surface area contributed by atoms with Crippen LogP contribution in [0.25, 0.3) is 0 Å². The topological polar surface area (TPSA) is 17.1 Å². The highest BCUT2D eigenvalue weighted by Gasteiger charge is 2.25. The molecule has 114 valence electrons. The summed E-state index contributed by atoms with van der Waals surface area (Å²) in [4.78, 5) is 0. The Morgan fingerprint density at radius 1 is 1.00 bits per heavy atom. The number of unbranched alkanes of at least 4 members (excludes halogenated alkanes) is 1. The lowest BCUT2D eigenvalue weighted by atomic mass is 10.2. The first kappa shape index (κ1) is 16.5. The second-order valence-corrected chi connectivity index (χ2v) is 8.39. The summed E-state index contributed by atoms with van der Waals surface area (Å²) in [5.41, 5.74) is 1.18. The van der Waals surface area contributed by atoms with Crippen LogP contribution in [-0.2, 0) is 4.57 Å². The Bertz CT molecular complexity index is 628. The molecule has 0 aliphatic carbocycles. The maximum atomic E-state index is 13.7. The van der Waals surface area contributed by atoms with Crippen molar-refractivity contribution in [1.29, 1.82) is 0 Å². The lowest BCUT2D eigenvalue weighted by Gasteiger charge is -2.19.